The van der Waals surface area contributed by atoms with Crippen LogP contribution in [0.2, 0.25) is 0 Å². The molecule has 0 spiro atoms. The largest absolute Gasteiger partial charge is 0.246 e. The third-order valence-electron chi connectivity index (χ3n) is 2.29. The molecule has 0 N–H and O–H groups in total. The van der Waals surface area contributed by atoms with Gasteiger partial charge in [0.1, 0.15) is 3.70 Å². The van der Waals surface area contributed by atoms with E-state index in [1.807, 2.05) is 6.07 Å². The van der Waals surface area contributed by atoms with E-state index in [2.05, 4.69) is 60.5 Å². The lowest BCUT2D eigenvalue weighted by Crippen LogP contribution is -2.17. The van der Waals surface area contributed by atoms with Gasteiger partial charge in [0.15, 0.2) is 0 Å². The maximum absolute atomic E-state index is 4.50. The molecule has 0 atom stereocenters. The highest BCUT2D eigenvalue weighted by Crippen LogP contribution is 2.24. The first kappa shape index (κ1) is 9.96. The van der Waals surface area contributed by atoms with Crippen molar-refractivity contribution >= 4 is 22.6 Å². The van der Waals surface area contributed by atoms with Crippen LogP contribution in [0.5, 0.6) is 0 Å². The minimum Gasteiger partial charge on any atom is -0.246 e. The Hall–Kier alpha value is -0.120. The van der Waals surface area contributed by atoms with E-state index < -0.39 is 0 Å². The SMILES string of the molecule is CCC(C)(C)c1cccc(I)n1. The summed E-state index contributed by atoms with van der Waals surface area (Å²) in [7, 11) is 0. The third-order valence-corrected chi connectivity index (χ3v) is 2.89. The molecule has 2 heteroatoms. The van der Waals surface area contributed by atoms with Gasteiger partial charge in [-0.25, -0.2) is 4.98 Å². The topological polar surface area (TPSA) is 12.9 Å². The average Bonchev–Trinajstić information content (AvgIpc) is 2.05. The number of aromatic nitrogens is 1. The molecule has 1 nitrogen and oxygen atoms in total. The minimum absolute atomic E-state index is 0.210. The summed E-state index contributed by atoms with van der Waals surface area (Å²) in [5, 5.41) is 0. The van der Waals surface area contributed by atoms with E-state index in [4.69, 9.17) is 0 Å². The van der Waals surface area contributed by atoms with Crippen LogP contribution < -0.4 is 0 Å². The Labute approximate surface area is 87.7 Å². The van der Waals surface area contributed by atoms with Gasteiger partial charge >= 0.3 is 0 Å². The summed E-state index contributed by atoms with van der Waals surface area (Å²) < 4.78 is 1.08. The van der Waals surface area contributed by atoms with E-state index in [0.29, 0.717) is 0 Å². The highest BCUT2D eigenvalue weighted by Gasteiger charge is 2.19. The van der Waals surface area contributed by atoms with Crippen LogP contribution in [-0.2, 0) is 5.41 Å². The van der Waals surface area contributed by atoms with Gasteiger partial charge in [0, 0.05) is 11.1 Å². The molecule has 0 unspecified atom stereocenters. The zero-order chi connectivity index (χ0) is 9.19. The molecule has 0 aliphatic heterocycles. The fraction of sp³-hybridized carbons (Fsp3) is 0.500. The summed E-state index contributed by atoms with van der Waals surface area (Å²) in [6.07, 6.45) is 1.13. The summed E-state index contributed by atoms with van der Waals surface area (Å²) in [5.41, 5.74) is 1.40. The number of pyridine rings is 1. The molecular weight excluding hydrogens is 261 g/mol. The van der Waals surface area contributed by atoms with Crippen LogP contribution in [0, 0.1) is 3.70 Å². The van der Waals surface area contributed by atoms with E-state index in [0.717, 1.165) is 10.1 Å². The average molecular weight is 275 g/mol. The Bertz CT molecular complexity index is 268. The molecule has 0 saturated carbocycles. The van der Waals surface area contributed by atoms with E-state index in [1.54, 1.807) is 0 Å². The summed E-state index contributed by atoms with van der Waals surface area (Å²) in [6.45, 7) is 6.65. The zero-order valence-electron chi connectivity index (χ0n) is 7.76. The van der Waals surface area contributed by atoms with Crippen molar-refractivity contribution in [2.24, 2.45) is 0 Å². The number of hydrogen-bond acceptors (Lipinski definition) is 1. The fourth-order valence-corrected chi connectivity index (χ4v) is 1.43. The van der Waals surface area contributed by atoms with E-state index in [9.17, 15) is 0 Å². The lowest BCUT2D eigenvalue weighted by Gasteiger charge is -2.21. The van der Waals surface area contributed by atoms with Crippen molar-refractivity contribution in [3.63, 3.8) is 0 Å². The van der Waals surface area contributed by atoms with Crippen LogP contribution in [0.1, 0.15) is 32.9 Å². The van der Waals surface area contributed by atoms with Gasteiger partial charge in [0.05, 0.1) is 0 Å². The normalized spacial score (nSPS) is 11.7. The molecule has 0 aromatic carbocycles. The van der Waals surface area contributed by atoms with Crippen LogP contribution in [0.25, 0.3) is 0 Å². The second-order valence-electron chi connectivity index (χ2n) is 3.58. The molecule has 0 saturated heterocycles. The Morgan fingerprint density at radius 3 is 2.58 bits per heavy atom. The number of halogens is 1. The van der Waals surface area contributed by atoms with Gasteiger partial charge in [-0.2, -0.15) is 0 Å². The van der Waals surface area contributed by atoms with Crippen LogP contribution in [-0.4, -0.2) is 4.98 Å². The van der Waals surface area contributed by atoms with Crippen molar-refractivity contribution in [3.05, 3.63) is 27.6 Å². The van der Waals surface area contributed by atoms with Gasteiger partial charge in [-0.3, -0.25) is 0 Å². The van der Waals surface area contributed by atoms with Gasteiger partial charge in [0.2, 0.25) is 0 Å². The highest BCUT2D eigenvalue weighted by atomic mass is 127. The second-order valence-corrected chi connectivity index (χ2v) is 4.69. The van der Waals surface area contributed by atoms with Gasteiger partial charge in [0.25, 0.3) is 0 Å². The molecule has 0 fully saturated rings. The monoisotopic (exact) mass is 275 g/mol. The van der Waals surface area contributed by atoms with Crippen molar-refractivity contribution in [1.29, 1.82) is 0 Å². The van der Waals surface area contributed by atoms with Crippen LogP contribution >= 0.6 is 22.6 Å². The number of hydrogen-bond donors (Lipinski definition) is 0. The summed E-state index contributed by atoms with van der Waals surface area (Å²) in [4.78, 5) is 4.50. The van der Waals surface area contributed by atoms with Crippen molar-refractivity contribution in [2.75, 3.05) is 0 Å². The van der Waals surface area contributed by atoms with Crippen LogP contribution in [0.15, 0.2) is 18.2 Å². The van der Waals surface area contributed by atoms with Crippen molar-refractivity contribution in [3.8, 4) is 0 Å². The zero-order valence-corrected chi connectivity index (χ0v) is 9.92. The van der Waals surface area contributed by atoms with Crippen LogP contribution in [0.4, 0.5) is 0 Å². The number of rotatable bonds is 2. The summed E-state index contributed by atoms with van der Waals surface area (Å²) >= 11 is 2.25. The summed E-state index contributed by atoms with van der Waals surface area (Å²) in [5.74, 6) is 0. The summed E-state index contributed by atoms with van der Waals surface area (Å²) in [6, 6.07) is 6.20. The smallest absolute Gasteiger partial charge is 0.101 e. The Morgan fingerprint density at radius 2 is 2.08 bits per heavy atom. The predicted molar refractivity (Wildman–Crippen MR) is 60.3 cm³/mol. The van der Waals surface area contributed by atoms with E-state index in [-0.39, 0.29) is 5.41 Å². The Balaban J connectivity index is 3.03. The third kappa shape index (κ3) is 2.19. The first-order valence-corrected chi connectivity index (χ1v) is 5.27. The van der Waals surface area contributed by atoms with Gasteiger partial charge in [-0.05, 0) is 41.1 Å². The molecule has 0 bridgehead atoms. The van der Waals surface area contributed by atoms with Crippen LogP contribution in [0.3, 0.4) is 0 Å². The molecule has 1 aromatic rings. The lowest BCUT2D eigenvalue weighted by atomic mass is 9.86. The molecule has 1 aromatic heterocycles. The first-order valence-electron chi connectivity index (χ1n) is 4.19. The van der Waals surface area contributed by atoms with E-state index >= 15 is 0 Å². The minimum atomic E-state index is 0.210. The van der Waals surface area contributed by atoms with Crippen molar-refractivity contribution in [1.82, 2.24) is 4.98 Å². The van der Waals surface area contributed by atoms with Crippen molar-refractivity contribution in [2.45, 2.75) is 32.6 Å². The van der Waals surface area contributed by atoms with Crippen molar-refractivity contribution < 1.29 is 0 Å². The molecular formula is C10H14IN. The number of nitrogens with zero attached hydrogens (tertiary/aromatic N) is 1. The molecule has 0 amide bonds. The predicted octanol–water partition coefficient (Wildman–Crippen LogP) is 3.37. The maximum atomic E-state index is 4.50. The molecule has 1 rings (SSSR count). The molecule has 12 heavy (non-hydrogen) atoms. The molecule has 0 aliphatic carbocycles. The van der Waals surface area contributed by atoms with E-state index in [1.165, 1.54) is 5.69 Å². The standard InChI is InChI=1S/C10H14IN/c1-4-10(2,3)8-6-5-7-9(11)12-8/h5-7H,4H2,1-3H3. The maximum Gasteiger partial charge on any atom is 0.101 e. The second kappa shape index (κ2) is 3.73. The Kier molecular flexibility index (Phi) is 3.09. The molecule has 0 aliphatic rings. The molecule has 1 heterocycles. The quantitative estimate of drug-likeness (QED) is 0.595. The lowest BCUT2D eigenvalue weighted by molar-refractivity contribution is 0.489. The Morgan fingerprint density at radius 1 is 1.42 bits per heavy atom. The molecule has 0 radical (unpaired) electrons. The van der Waals surface area contributed by atoms with Gasteiger partial charge in [-0.1, -0.05) is 26.8 Å². The van der Waals surface area contributed by atoms with Gasteiger partial charge < -0.3 is 0 Å². The highest BCUT2D eigenvalue weighted by molar-refractivity contribution is 14.1. The van der Waals surface area contributed by atoms with Gasteiger partial charge in [-0.15, -0.1) is 0 Å². The fourth-order valence-electron chi connectivity index (χ4n) is 0.966. The first-order chi connectivity index (χ1) is 5.56. The molecule has 66 valence electrons.